The largest absolute Gasteiger partial charge is 0.451 e. The molecule has 0 radical (unpaired) electrons. The van der Waals surface area contributed by atoms with E-state index in [4.69, 9.17) is 27.6 Å². The molecule has 0 atom stereocenters. The van der Waals surface area contributed by atoms with Gasteiger partial charge in [-0.1, -0.05) is 41.4 Å². The van der Waals surface area contributed by atoms with Crippen molar-refractivity contribution in [1.29, 1.82) is 0 Å². The van der Waals surface area contributed by atoms with Crippen LogP contribution in [-0.4, -0.2) is 17.9 Å². The van der Waals surface area contributed by atoms with E-state index in [-0.39, 0.29) is 11.7 Å². The molecule has 3 aromatic rings. The molecule has 5 heteroatoms. The zero-order chi connectivity index (χ0) is 15.7. The van der Waals surface area contributed by atoms with Crippen molar-refractivity contribution in [2.24, 2.45) is 0 Å². The number of hydrogen-bond acceptors (Lipinski definition) is 2. The summed E-state index contributed by atoms with van der Waals surface area (Å²) in [5.41, 5.74) is 1.53. The Morgan fingerprint density at radius 2 is 1.91 bits per heavy atom. The number of carbonyl (C=O) groups is 1. The lowest BCUT2D eigenvalue weighted by molar-refractivity contribution is 0.0756. The van der Waals surface area contributed by atoms with Crippen molar-refractivity contribution in [2.45, 2.75) is 6.54 Å². The number of rotatable bonds is 3. The minimum atomic E-state index is -0.202. The summed E-state index contributed by atoms with van der Waals surface area (Å²) in [6.45, 7) is 0.413. The van der Waals surface area contributed by atoms with E-state index in [2.05, 4.69) is 0 Å². The van der Waals surface area contributed by atoms with Crippen LogP contribution in [0.3, 0.4) is 0 Å². The normalized spacial score (nSPS) is 10.9. The lowest BCUT2D eigenvalue weighted by Crippen LogP contribution is -2.25. The molecule has 1 aromatic heterocycles. The lowest BCUT2D eigenvalue weighted by Gasteiger charge is -2.16. The van der Waals surface area contributed by atoms with Gasteiger partial charge in [0.05, 0.1) is 0 Å². The summed E-state index contributed by atoms with van der Waals surface area (Å²) in [5, 5.41) is 2.05. The molecule has 0 saturated carbocycles. The maximum atomic E-state index is 12.5. The highest BCUT2D eigenvalue weighted by molar-refractivity contribution is 6.31. The van der Waals surface area contributed by atoms with Gasteiger partial charge in [-0.05, 0) is 35.9 Å². The highest BCUT2D eigenvalue weighted by Crippen LogP contribution is 2.24. The van der Waals surface area contributed by atoms with E-state index in [0.717, 1.165) is 10.9 Å². The molecule has 3 rings (SSSR count). The predicted octanol–water partition coefficient (Wildman–Crippen LogP) is 5.01. The van der Waals surface area contributed by atoms with Crippen molar-refractivity contribution < 1.29 is 9.21 Å². The van der Waals surface area contributed by atoms with E-state index in [1.165, 1.54) is 0 Å². The summed E-state index contributed by atoms with van der Waals surface area (Å²) >= 11 is 12.1. The van der Waals surface area contributed by atoms with Crippen LogP contribution in [0.15, 0.2) is 52.9 Å². The Morgan fingerprint density at radius 3 is 2.68 bits per heavy atom. The molecule has 0 bridgehead atoms. The third kappa shape index (κ3) is 2.96. The average molecular weight is 334 g/mol. The highest BCUT2D eigenvalue weighted by atomic mass is 35.5. The fraction of sp³-hybridized carbons (Fsp3) is 0.118. The van der Waals surface area contributed by atoms with E-state index in [1.54, 1.807) is 42.3 Å². The second-order valence-corrected chi connectivity index (χ2v) is 5.89. The summed E-state index contributed by atoms with van der Waals surface area (Å²) in [6, 6.07) is 14.4. The summed E-state index contributed by atoms with van der Waals surface area (Å²) in [4.78, 5) is 14.0. The minimum Gasteiger partial charge on any atom is -0.451 e. The Hall–Kier alpha value is -1.97. The average Bonchev–Trinajstić information content (AvgIpc) is 2.91. The molecular formula is C17H13Cl2NO2. The van der Waals surface area contributed by atoms with Crippen molar-refractivity contribution in [1.82, 2.24) is 4.90 Å². The van der Waals surface area contributed by atoms with Crippen molar-refractivity contribution in [2.75, 3.05) is 7.05 Å². The van der Waals surface area contributed by atoms with Gasteiger partial charge in [0, 0.05) is 29.0 Å². The number of furan rings is 1. The molecule has 0 unspecified atom stereocenters. The summed E-state index contributed by atoms with van der Waals surface area (Å²) in [7, 11) is 1.71. The molecular weight excluding hydrogens is 321 g/mol. The smallest absolute Gasteiger partial charge is 0.289 e. The van der Waals surface area contributed by atoms with Gasteiger partial charge in [0.15, 0.2) is 5.76 Å². The number of halogens is 2. The van der Waals surface area contributed by atoms with E-state index in [9.17, 15) is 4.79 Å². The fourth-order valence-corrected chi connectivity index (χ4v) is 2.64. The zero-order valence-electron chi connectivity index (χ0n) is 11.8. The summed E-state index contributed by atoms with van der Waals surface area (Å²) < 4.78 is 5.59. The first kappa shape index (κ1) is 14.9. The van der Waals surface area contributed by atoms with E-state index < -0.39 is 0 Å². The number of benzene rings is 2. The van der Waals surface area contributed by atoms with Gasteiger partial charge >= 0.3 is 0 Å². The summed E-state index contributed by atoms with van der Waals surface area (Å²) in [5.74, 6) is 0.0825. The maximum absolute atomic E-state index is 12.5. The van der Waals surface area contributed by atoms with Gasteiger partial charge in [-0.15, -0.1) is 0 Å². The second-order valence-electron chi connectivity index (χ2n) is 5.05. The van der Waals surface area contributed by atoms with Crippen LogP contribution in [0.1, 0.15) is 16.1 Å². The van der Waals surface area contributed by atoms with E-state index in [1.807, 2.05) is 18.2 Å². The van der Waals surface area contributed by atoms with Crippen LogP contribution >= 0.6 is 23.2 Å². The second kappa shape index (κ2) is 6.03. The van der Waals surface area contributed by atoms with Gasteiger partial charge in [0.2, 0.25) is 0 Å². The number of amides is 1. The van der Waals surface area contributed by atoms with Crippen LogP contribution in [-0.2, 0) is 6.54 Å². The molecule has 0 saturated heterocycles. The van der Waals surface area contributed by atoms with Crippen LogP contribution in [0.4, 0.5) is 0 Å². The Balaban J connectivity index is 1.84. The standard InChI is InChI=1S/C17H13Cl2NO2/c1-20(10-11-4-2-3-5-14(11)19)17(21)16-9-12-8-13(18)6-7-15(12)22-16/h2-9H,10H2,1H3. The molecule has 1 heterocycles. The number of fused-ring (bicyclic) bond motifs is 1. The molecule has 0 fully saturated rings. The quantitative estimate of drug-likeness (QED) is 0.674. The first-order valence-electron chi connectivity index (χ1n) is 6.72. The lowest BCUT2D eigenvalue weighted by atomic mass is 10.2. The van der Waals surface area contributed by atoms with Gasteiger partial charge in [-0.3, -0.25) is 4.79 Å². The molecule has 3 nitrogen and oxygen atoms in total. The van der Waals surface area contributed by atoms with Crippen LogP contribution in [0.25, 0.3) is 11.0 Å². The van der Waals surface area contributed by atoms with Crippen LogP contribution in [0.5, 0.6) is 0 Å². The Morgan fingerprint density at radius 1 is 1.14 bits per heavy atom. The first-order chi connectivity index (χ1) is 10.5. The third-order valence-corrected chi connectivity index (χ3v) is 4.01. The van der Waals surface area contributed by atoms with Crippen LogP contribution in [0, 0.1) is 0 Å². The Kier molecular flexibility index (Phi) is 4.10. The Bertz CT molecular complexity index is 842. The topological polar surface area (TPSA) is 33.5 Å². The highest BCUT2D eigenvalue weighted by Gasteiger charge is 2.17. The van der Waals surface area contributed by atoms with Crippen molar-refractivity contribution in [3.8, 4) is 0 Å². The number of hydrogen-bond donors (Lipinski definition) is 0. The first-order valence-corrected chi connectivity index (χ1v) is 7.48. The predicted molar refractivity (Wildman–Crippen MR) is 88.5 cm³/mol. The SMILES string of the molecule is CN(Cc1ccccc1Cl)C(=O)c1cc2cc(Cl)ccc2o1. The van der Waals surface area contributed by atoms with Gasteiger partial charge in [0.25, 0.3) is 5.91 Å². The van der Waals surface area contributed by atoms with Gasteiger partial charge in [-0.25, -0.2) is 0 Å². The maximum Gasteiger partial charge on any atom is 0.289 e. The van der Waals surface area contributed by atoms with Gasteiger partial charge in [-0.2, -0.15) is 0 Å². The Labute approximate surface area is 138 Å². The van der Waals surface area contributed by atoms with Crippen molar-refractivity contribution >= 4 is 40.1 Å². The minimum absolute atomic E-state index is 0.202. The van der Waals surface area contributed by atoms with Gasteiger partial charge < -0.3 is 9.32 Å². The third-order valence-electron chi connectivity index (χ3n) is 3.40. The molecule has 0 aliphatic rings. The fourth-order valence-electron chi connectivity index (χ4n) is 2.26. The van der Waals surface area contributed by atoms with E-state index in [0.29, 0.717) is 22.2 Å². The zero-order valence-corrected chi connectivity index (χ0v) is 13.4. The summed E-state index contributed by atoms with van der Waals surface area (Å²) in [6.07, 6.45) is 0. The van der Waals surface area contributed by atoms with Crippen LogP contribution in [0.2, 0.25) is 10.0 Å². The van der Waals surface area contributed by atoms with Crippen LogP contribution < -0.4 is 0 Å². The monoisotopic (exact) mass is 333 g/mol. The molecule has 0 aliphatic carbocycles. The molecule has 112 valence electrons. The molecule has 2 aromatic carbocycles. The van der Waals surface area contributed by atoms with Gasteiger partial charge in [0.1, 0.15) is 5.58 Å². The van der Waals surface area contributed by atoms with Crippen molar-refractivity contribution in [3.05, 3.63) is 69.9 Å². The molecule has 1 amide bonds. The number of nitrogens with zero attached hydrogens (tertiary/aromatic N) is 1. The van der Waals surface area contributed by atoms with Crippen molar-refractivity contribution in [3.63, 3.8) is 0 Å². The molecule has 0 N–H and O–H groups in total. The molecule has 22 heavy (non-hydrogen) atoms. The van der Waals surface area contributed by atoms with E-state index >= 15 is 0 Å². The molecule has 0 aliphatic heterocycles. The number of carbonyl (C=O) groups excluding carboxylic acids is 1. The molecule has 0 spiro atoms.